The van der Waals surface area contributed by atoms with Gasteiger partial charge in [-0.05, 0) is 36.8 Å². The van der Waals surface area contributed by atoms with Gasteiger partial charge in [-0.3, -0.25) is 0 Å². The van der Waals surface area contributed by atoms with Gasteiger partial charge < -0.3 is 9.30 Å². The standard InChI is InChI=1S/C16H21ClN2O/c1-3-16(7-4-8-16)11-19-14-9-12(20-2)5-6-13(14)18-15(19)10-17/h5-6,9H,3-4,7-8,10-11H2,1-2H3. The Bertz CT molecular complexity index is 611. The average molecular weight is 293 g/mol. The fourth-order valence-electron chi connectivity index (χ4n) is 3.19. The molecule has 20 heavy (non-hydrogen) atoms. The van der Waals surface area contributed by atoms with Crippen molar-refractivity contribution < 1.29 is 4.74 Å². The van der Waals surface area contributed by atoms with Gasteiger partial charge in [0, 0.05) is 12.6 Å². The highest BCUT2D eigenvalue weighted by atomic mass is 35.5. The molecule has 0 unspecified atom stereocenters. The SMILES string of the molecule is CCC1(Cn2c(CCl)nc3ccc(OC)cc32)CCC1. The molecule has 4 heteroatoms. The van der Waals surface area contributed by atoms with Crippen LogP contribution in [0.2, 0.25) is 0 Å². The number of methoxy groups -OCH3 is 1. The summed E-state index contributed by atoms with van der Waals surface area (Å²) in [6, 6.07) is 6.04. The normalized spacial score (nSPS) is 17.1. The summed E-state index contributed by atoms with van der Waals surface area (Å²) in [5.41, 5.74) is 2.59. The number of alkyl halides is 1. The molecule has 3 nitrogen and oxygen atoms in total. The molecule has 0 N–H and O–H groups in total. The monoisotopic (exact) mass is 292 g/mol. The predicted octanol–water partition coefficient (Wildman–Crippen LogP) is 4.36. The maximum atomic E-state index is 6.10. The van der Waals surface area contributed by atoms with Crippen LogP contribution < -0.4 is 4.74 Å². The molecule has 0 radical (unpaired) electrons. The second kappa shape index (κ2) is 5.28. The maximum absolute atomic E-state index is 6.10. The summed E-state index contributed by atoms with van der Waals surface area (Å²) in [5, 5.41) is 0. The first kappa shape index (κ1) is 13.7. The third kappa shape index (κ3) is 2.18. The van der Waals surface area contributed by atoms with Crippen LogP contribution in [0.4, 0.5) is 0 Å². The predicted molar refractivity (Wildman–Crippen MR) is 82.4 cm³/mol. The van der Waals surface area contributed by atoms with Crippen molar-refractivity contribution in [2.24, 2.45) is 5.41 Å². The second-order valence-electron chi connectivity index (χ2n) is 5.81. The summed E-state index contributed by atoms with van der Waals surface area (Å²) in [5.74, 6) is 2.30. The van der Waals surface area contributed by atoms with Crippen molar-refractivity contribution in [3.63, 3.8) is 0 Å². The Morgan fingerprint density at radius 3 is 2.75 bits per heavy atom. The van der Waals surface area contributed by atoms with Crippen LogP contribution in [-0.2, 0) is 12.4 Å². The van der Waals surface area contributed by atoms with E-state index >= 15 is 0 Å². The van der Waals surface area contributed by atoms with Crippen LogP contribution in [0.15, 0.2) is 18.2 Å². The van der Waals surface area contributed by atoms with E-state index in [4.69, 9.17) is 16.3 Å². The average Bonchev–Trinajstić information content (AvgIpc) is 2.79. The third-order valence-corrected chi connectivity index (χ3v) is 5.05. The molecule has 2 aromatic rings. The van der Waals surface area contributed by atoms with E-state index < -0.39 is 0 Å². The van der Waals surface area contributed by atoms with Gasteiger partial charge in [0.05, 0.1) is 24.0 Å². The molecule has 3 rings (SSSR count). The fourth-order valence-corrected chi connectivity index (χ4v) is 3.40. The van der Waals surface area contributed by atoms with Crippen molar-refractivity contribution >= 4 is 22.6 Å². The second-order valence-corrected chi connectivity index (χ2v) is 6.08. The minimum absolute atomic E-state index is 0.442. The highest BCUT2D eigenvalue weighted by Gasteiger charge is 2.36. The highest BCUT2D eigenvalue weighted by molar-refractivity contribution is 6.16. The number of fused-ring (bicyclic) bond motifs is 1. The molecule has 1 aliphatic carbocycles. The van der Waals surface area contributed by atoms with Gasteiger partial charge in [-0.1, -0.05) is 13.3 Å². The molecular formula is C16H21ClN2O. The molecule has 0 spiro atoms. The lowest BCUT2D eigenvalue weighted by atomic mass is 9.67. The molecule has 0 aliphatic heterocycles. The van der Waals surface area contributed by atoms with Gasteiger partial charge in [0.1, 0.15) is 11.6 Å². The van der Waals surface area contributed by atoms with Gasteiger partial charge in [0.25, 0.3) is 0 Å². The van der Waals surface area contributed by atoms with Crippen LogP contribution >= 0.6 is 11.6 Å². The van der Waals surface area contributed by atoms with E-state index in [1.807, 2.05) is 12.1 Å². The summed E-state index contributed by atoms with van der Waals surface area (Å²) in [6.45, 7) is 3.31. The lowest BCUT2D eigenvalue weighted by molar-refractivity contribution is 0.101. The Morgan fingerprint density at radius 1 is 1.40 bits per heavy atom. The zero-order valence-electron chi connectivity index (χ0n) is 12.2. The number of aromatic nitrogens is 2. The molecule has 0 saturated heterocycles. The van der Waals surface area contributed by atoms with E-state index in [1.54, 1.807) is 7.11 Å². The number of hydrogen-bond acceptors (Lipinski definition) is 2. The largest absolute Gasteiger partial charge is 0.497 e. The minimum Gasteiger partial charge on any atom is -0.497 e. The van der Waals surface area contributed by atoms with Crippen molar-refractivity contribution in [1.82, 2.24) is 9.55 Å². The van der Waals surface area contributed by atoms with Crippen LogP contribution in [0.1, 0.15) is 38.4 Å². The smallest absolute Gasteiger partial charge is 0.124 e. The Labute approximate surface area is 124 Å². The fraction of sp³-hybridized carbons (Fsp3) is 0.562. The van der Waals surface area contributed by atoms with Crippen molar-refractivity contribution in [1.29, 1.82) is 0 Å². The van der Waals surface area contributed by atoms with Gasteiger partial charge in [-0.25, -0.2) is 4.98 Å². The molecule has 1 heterocycles. The van der Waals surface area contributed by atoms with E-state index in [1.165, 1.54) is 25.7 Å². The molecule has 1 aromatic heterocycles. The first-order chi connectivity index (χ1) is 9.71. The quantitative estimate of drug-likeness (QED) is 0.766. The molecule has 0 atom stereocenters. The third-order valence-electron chi connectivity index (χ3n) is 4.81. The molecule has 1 aromatic carbocycles. The molecule has 0 bridgehead atoms. The first-order valence-corrected chi connectivity index (χ1v) is 7.84. The van der Waals surface area contributed by atoms with Crippen LogP contribution in [0.5, 0.6) is 5.75 Å². The van der Waals surface area contributed by atoms with Gasteiger partial charge >= 0.3 is 0 Å². The number of imidazole rings is 1. The Balaban J connectivity index is 2.06. The lowest BCUT2D eigenvalue weighted by Crippen LogP contribution is -2.33. The van der Waals surface area contributed by atoms with Crippen LogP contribution in [0.25, 0.3) is 11.0 Å². The summed E-state index contributed by atoms with van der Waals surface area (Å²) in [6.07, 6.45) is 5.20. The van der Waals surface area contributed by atoms with E-state index in [0.717, 1.165) is 29.2 Å². The summed E-state index contributed by atoms with van der Waals surface area (Å²) in [7, 11) is 1.70. The van der Waals surface area contributed by atoms with Crippen molar-refractivity contribution in [2.75, 3.05) is 7.11 Å². The maximum Gasteiger partial charge on any atom is 0.124 e. The molecule has 1 fully saturated rings. The van der Waals surface area contributed by atoms with E-state index in [2.05, 4.69) is 22.5 Å². The zero-order valence-corrected chi connectivity index (χ0v) is 12.9. The first-order valence-electron chi connectivity index (χ1n) is 7.30. The van der Waals surface area contributed by atoms with Crippen LogP contribution in [0, 0.1) is 5.41 Å². The Kier molecular flexibility index (Phi) is 3.63. The Morgan fingerprint density at radius 2 is 2.20 bits per heavy atom. The summed E-state index contributed by atoms with van der Waals surface area (Å²) >= 11 is 6.10. The van der Waals surface area contributed by atoms with Crippen molar-refractivity contribution in [2.45, 2.75) is 45.0 Å². The molecule has 108 valence electrons. The number of rotatable bonds is 5. The number of ether oxygens (including phenoxy) is 1. The molecule has 1 saturated carbocycles. The molecular weight excluding hydrogens is 272 g/mol. The summed E-state index contributed by atoms with van der Waals surface area (Å²) in [4.78, 5) is 4.66. The number of benzene rings is 1. The van der Waals surface area contributed by atoms with Gasteiger partial charge in [-0.2, -0.15) is 0 Å². The minimum atomic E-state index is 0.442. The van der Waals surface area contributed by atoms with Gasteiger partial charge in [-0.15, -0.1) is 11.6 Å². The molecule has 1 aliphatic rings. The molecule has 0 amide bonds. The number of nitrogens with zero attached hydrogens (tertiary/aromatic N) is 2. The van der Waals surface area contributed by atoms with E-state index in [9.17, 15) is 0 Å². The zero-order chi connectivity index (χ0) is 14.2. The van der Waals surface area contributed by atoms with Gasteiger partial charge in [0.15, 0.2) is 0 Å². The van der Waals surface area contributed by atoms with E-state index in [-0.39, 0.29) is 0 Å². The highest BCUT2D eigenvalue weighted by Crippen LogP contribution is 2.46. The van der Waals surface area contributed by atoms with Crippen molar-refractivity contribution in [3.8, 4) is 5.75 Å². The lowest BCUT2D eigenvalue weighted by Gasteiger charge is -2.42. The van der Waals surface area contributed by atoms with Crippen LogP contribution in [0.3, 0.4) is 0 Å². The number of halogens is 1. The van der Waals surface area contributed by atoms with Crippen LogP contribution in [-0.4, -0.2) is 16.7 Å². The van der Waals surface area contributed by atoms with Gasteiger partial charge in [0.2, 0.25) is 0 Å². The Hall–Kier alpha value is -1.22. The number of hydrogen-bond donors (Lipinski definition) is 0. The topological polar surface area (TPSA) is 27.1 Å². The summed E-state index contributed by atoms with van der Waals surface area (Å²) < 4.78 is 7.64. The van der Waals surface area contributed by atoms with Crippen molar-refractivity contribution in [3.05, 3.63) is 24.0 Å². The van der Waals surface area contributed by atoms with E-state index in [0.29, 0.717) is 11.3 Å².